The van der Waals surface area contributed by atoms with Crippen molar-refractivity contribution in [3.8, 4) is 0 Å². The van der Waals surface area contributed by atoms with Crippen molar-refractivity contribution in [3.63, 3.8) is 0 Å². The van der Waals surface area contributed by atoms with Gasteiger partial charge in [0.2, 0.25) is 5.91 Å². The van der Waals surface area contributed by atoms with Crippen LogP contribution >= 0.6 is 0 Å². The molecular formula is C10H21NO2. The van der Waals surface area contributed by atoms with Crippen LogP contribution in [0.2, 0.25) is 0 Å². The van der Waals surface area contributed by atoms with Gasteiger partial charge < -0.3 is 10.4 Å². The summed E-state index contributed by atoms with van der Waals surface area (Å²) >= 11 is 0. The molecule has 2 N–H and O–H groups in total. The summed E-state index contributed by atoms with van der Waals surface area (Å²) in [6.07, 6.45) is 1.44. The number of rotatable bonds is 5. The van der Waals surface area contributed by atoms with Crippen LogP contribution in [-0.4, -0.2) is 23.7 Å². The number of hydrogen-bond donors (Lipinski definition) is 2. The fourth-order valence-electron chi connectivity index (χ4n) is 0.914. The SMILES string of the molecule is CCC(C)NC(=O)C(C)(C)CCO. The first kappa shape index (κ1) is 12.4. The highest BCUT2D eigenvalue weighted by Crippen LogP contribution is 2.19. The molecule has 78 valence electrons. The average Bonchev–Trinajstić information content (AvgIpc) is 2.04. The number of carbonyl (C=O) groups excluding carboxylic acids is 1. The van der Waals surface area contributed by atoms with Crippen LogP contribution in [0, 0.1) is 5.41 Å². The van der Waals surface area contributed by atoms with Crippen LogP contribution in [0.3, 0.4) is 0 Å². The van der Waals surface area contributed by atoms with E-state index in [9.17, 15) is 4.79 Å². The van der Waals surface area contributed by atoms with E-state index in [0.717, 1.165) is 6.42 Å². The Morgan fingerprint density at radius 1 is 1.54 bits per heavy atom. The zero-order valence-corrected chi connectivity index (χ0v) is 9.05. The van der Waals surface area contributed by atoms with Crippen LogP contribution in [0.5, 0.6) is 0 Å². The molecule has 0 aromatic heterocycles. The molecule has 0 aromatic rings. The van der Waals surface area contributed by atoms with Gasteiger partial charge in [-0.3, -0.25) is 4.79 Å². The zero-order valence-electron chi connectivity index (χ0n) is 9.05. The molecule has 13 heavy (non-hydrogen) atoms. The zero-order chi connectivity index (χ0) is 10.5. The third-order valence-electron chi connectivity index (χ3n) is 2.34. The fourth-order valence-corrected chi connectivity index (χ4v) is 0.914. The lowest BCUT2D eigenvalue weighted by atomic mass is 9.88. The molecule has 3 nitrogen and oxygen atoms in total. The molecule has 0 aliphatic carbocycles. The normalized spacial score (nSPS) is 13.9. The minimum atomic E-state index is -0.460. The molecule has 1 amide bonds. The molecule has 3 heteroatoms. The van der Waals surface area contributed by atoms with Gasteiger partial charge in [0.25, 0.3) is 0 Å². The second-order valence-corrected chi connectivity index (χ2v) is 4.14. The highest BCUT2D eigenvalue weighted by molar-refractivity contribution is 5.81. The molecule has 0 saturated carbocycles. The number of amides is 1. The molecule has 1 atom stereocenters. The van der Waals surface area contributed by atoms with Gasteiger partial charge in [-0.1, -0.05) is 20.8 Å². The smallest absolute Gasteiger partial charge is 0.225 e. The molecule has 0 bridgehead atoms. The molecule has 0 aliphatic rings. The second-order valence-electron chi connectivity index (χ2n) is 4.14. The van der Waals surface area contributed by atoms with Crippen molar-refractivity contribution in [2.75, 3.05) is 6.61 Å². The van der Waals surface area contributed by atoms with Crippen molar-refractivity contribution in [2.24, 2.45) is 5.41 Å². The Labute approximate surface area is 80.5 Å². The van der Waals surface area contributed by atoms with Gasteiger partial charge in [-0.05, 0) is 19.8 Å². The number of aliphatic hydroxyl groups is 1. The maximum absolute atomic E-state index is 11.6. The van der Waals surface area contributed by atoms with E-state index in [-0.39, 0.29) is 18.6 Å². The third-order valence-corrected chi connectivity index (χ3v) is 2.34. The molecule has 0 saturated heterocycles. The summed E-state index contributed by atoms with van der Waals surface area (Å²) in [5.41, 5.74) is -0.460. The van der Waals surface area contributed by atoms with Crippen molar-refractivity contribution in [1.82, 2.24) is 5.32 Å². The summed E-state index contributed by atoms with van der Waals surface area (Å²) in [6.45, 7) is 7.76. The fraction of sp³-hybridized carbons (Fsp3) is 0.900. The first-order valence-electron chi connectivity index (χ1n) is 4.86. The van der Waals surface area contributed by atoms with Crippen molar-refractivity contribution in [3.05, 3.63) is 0 Å². The number of aliphatic hydroxyl groups excluding tert-OH is 1. The van der Waals surface area contributed by atoms with Crippen LogP contribution in [0.4, 0.5) is 0 Å². The molecule has 0 radical (unpaired) electrons. The van der Waals surface area contributed by atoms with Crippen molar-refractivity contribution in [1.29, 1.82) is 0 Å². The Balaban J connectivity index is 4.08. The Kier molecular flexibility index (Phi) is 4.99. The largest absolute Gasteiger partial charge is 0.396 e. The summed E-state index contributed by atoms with van der Waals surface area (Å²) in [6, 6.07) is 0.213. The molecule has 0 spiro atoms. The van der Waals surface area contributed by atoms with Crippen molar-refractivity contribution >= 4 is 5.91 Å². The van der Waals surface area contributed by atoms with Gasteiger partial charge in [0.05, 0.1) is 0 Å². The summed E-state index contributed by atoms with van der Waals surface area (Å²) < 4.78 is 0. The Hall–Kier alpha value is -0.570. The Morgan fingerprint density at radius 3 is 2.46 bits per heavy atom. The molecule has 0 aromatic carbocycles. The Bertz CT molecular complexity index is 166. The van der Waals surface area contributed by atoms with Crippen LogP contribution < -0.4 is 5.32 Å². The molecule has 0 fully saturated rings. The predicted molar refractivity (Wildman–Crippen MR) is 53.4 cm³/mol. The monoisotopic (exact) mass is 187 g/mol. The van der Waals surface area contributed by atoms with Crippen LogP contribution in [-0.2, 0) is 4.79 Å². The van der Waals surface area contributed by atoms with Crippen LogP contribution in [0.25, 0.3) is 0 Å². The highest BCUT2D eigenvalue weighted by atomic mass is 16.3. The topological polar surface area (TPSA) is 49.3 Å². The van der Waals surface area contributed by atoms with E-state index in [1.807, 2.05) is 27.7 Å². The van der Waals surface area contributed by atoms with E-state index in [1.54, 1.807) is 0 Å². The summed E-state index contributed by atoms with van der Waals surface area (Å²) in [7, 11) is 0. The van der Waals surface area contributed by atoms with Gasteiger partial charge >= 0.3 is 0 Å². The van der Waals surface area contributed by atoms with Gasteiger partial charge in [-0.2, -0.15) is 0 Å². The quantitative estimate of drug-likeness (QED) is 0.681. The summed E-state index contributed by atoms with van der Waals surface area (Å²) in [4.78, 5) is 11.6. The first-order chi connectivity index (χ1) is 5.94. The molecular weight excluding hydrogens is 166 g/mol. The molecule has 0 heterocycles. The second kappa shape index (κ2) is 5.22. The summed E-state index contributed by atoms with van der Waals surface area (Å²) in [5.74, 6) is 0.0240. The molecule has 0 aliphatic heterocycles. The van der Waals surface area contributed by atoms with Gasteiger partial charge in [0.15, 0.2) is 0 Å². The van der Waals surface area contributed by atoms with Gasteiger partial charge in [-0.25, -0.2) is 0 Å². The summed E-state index contributed by atoms with van der Waals surface area (Å²) in [5, 5.41) is 11.7. The lowest BCUT2D eigenvalue weighted by molar-refractivity contribution is -0.130. The minimum Gasteiger partial charge on any atom is -0.396 e. The maximum atomic E-state index is 11.6. The van der Waals surface area contributed by atoms with E-state index in [1.165, 1.54) is 0 Å². The van der Waals surface area contributed by atoms with E-state index >= 15 is 0 Å². The number of hydrogen-bond acceptors (Lipinski definition) is 2. The molecule has 1 unspecified atom stereocenters. The van der Waals surface area contributed by atoms with Crippen molar-refractivity contribution < 1.29 is 9.90 Å². The van der Waals surface area contributed by atoms with Gasteiger partial charge in [-0.15, -0.1) is 0 Å². The maximum Gasteiger partial charge on any atom is 0.225 e. The number of carbonyl (C=O) groups is 1. The number of nitrogens with one attached hydrogen (secondary N) is 1. The third kappa shape index (κ3) is 4.27. The highest BCUT2D eigenvalue weighted by Gasteiger charge is 2.27. The predicted octanol–water partition coefficient (Wildman–Crippen LogP) is 1.31. The van der Waals surface area contributed by atoms with E-state index in [2.05, 4.69) is 5.32 Å². The minimum absolute atomic E-state index is 0.0240. The van der Waals surface area contributed by atoms with Crippen LogP contribution in [0.15, 0.2) is 0 Å². The standard InChI is InChI=1S/C10H21NO2/c1-5-8(2)11-9(13)10(3,4)6-7-12/h8,12H,5-7H2,1-4H3,(H,11,13). The van der Waals surface area contributed by atoms with E-state index in [0.29, 0.717) is 6.42 Å². The average molecular weight is 187 g/mol. The van der Waals surface area contributed by atoms with Gasteiger partial charge in [0, 0.05) is 18.1 Å². The molecule has 0 rings (SSSR count). The van der Waals surface area contributed by atoms with E-state index < -0.39 is 5.41 Å². The lowest BCUT2D eigenvalue weighted by Crippen LogP contribution is -2.41. The Morgan fingerprint density at radius 2 is 2.08 bits per heavy atom. The van der Waals surface area contributed by atoms with Crippen molar-refractivity contribution in [2.45, 2.75) is 46.6 Å². The first-order valence-corrected chi connectivity index (χ1v) is 4.86. The van der Waals surface area contributed by atoms with Crippen LogP contribution in [0.1, 0.15) is 40.5 Å². The van der Waals surface area contributed by atoms with E-state index in [4.69, 9.17) is 5.11 Å². The van der Waals surface area contributed by atoms with Gasteiger partial charge in [0.1, 0.15) is 0 Å². The lowest BCUT2D eigenvalue weighted by Gasteiger charge is -2.24.